The lowest BCUT2D eigenvalue weighted by Gasteiger charge is -2.22. The Labute approximate surface area is 145 Å². The van der Waals surface area contributed by atoms with Crippen molar-refractivity contribution in [3.05, 3.63) is 24.0 Å². The summed E-state index contributed by atoms with van der Waals surface area (Å²) in [6, 6.07) is 3.71. The van der Waals surface area contributed by atoms with Crippen LogP contribution < -0.4 is 10.1 Å². The number of methoxy groups -OCH3 is 1. The highest BCUT2D eigenvalue weighted by Gasteiger charge is 2.41. The third kappa shape index (κ3) is 3.76. The Morgan fingerprint density at radius 1 is 1.40 bits per heavy atom. The van der Waals surface area contributed by atoms with E-state index in [1.165, 1.54) is 24.1 Å². The van der Waals surface area contributed by atoms with Gasteiger partial charge in [0.1, 0.15) is 0 Å². The van der Waals surface area contributed by atoms with Crippen LogP contribution in [0.25, 0.3) is 0 Å². The number of likely N-dealkylation sites (tertiary alicyclic amines) is 1. The fraction of sp³-hybridized carbons (Fsp3) is 0.500. The van der Waals surface area contributed by atoms with Crippen LogP contribution in [0.15, 0.2) is 18.2 Å². The summed E-state index contributed by atoms with van der Waals surface area (Å²) in [7, 11) is -1.76. The summed E-state index contributed by atoms with van der Waals surface area (Å²) in [6.07, 6.45) is 0.438. The first-order valence-electron chi connectivity index (χ1n) is 7.93. The molecule has 136 valence electrons. The van der Waals surface area contributed by atoms with Gasteiger partial charge in [0, 0.05) is 30.8 Å². The highest BCUT2D eigenvalue weighted by atomic mass is 32.2. The number of rotatable bonds is 4. The number of carbonyl (C=O) groups excluding carboxylic acids is 2. The van der Waals surface area contributed by atoms with Crippen molar-refractivity contribution in [1.29, 1.82) is 0 Å². The Morgan fingerprint density at radius 3 is 2.76 bits per heavy atom. The predicted octanol–water partition coefficient (Wildman–Crippen LogP) is 0.808. The largest absolute Gasteiger partial charge is 0.494 e. The van der Waals surface area contributed by atoms with E-state index in [0.717, 1.165) is 6.07 Å². The molecule has 0 aliphatic carbocycles. The molecule has 7 nitrogen and oxygen atoms in total. The highest BCUT2D eigenvalue weighted by molar-refractivity contribution is 7.91. The summed E-state index contributed by atoms with van der Waals surface area (Å²) in [5.74, 6) is -1.69. The van der Waals surface area contributed by atoms with E-state index in [0.29, 0.717) is 6.42 Å². The van der Waals surface area contributed by atoms with Crippen LogP contribution in [0, 0.1) is 11.7 Å². The number of nitrogens with zero attached hydrogens (tertiary/aromatic N) is 1. The van der Waals surface area contributed by atoms with Gasteiger partial charge in [-0.3, -0.25) is 9.59 Å². The van der Waals surface area contributed by atoms with Gasteiger partial charge in [-0.1, -0.05) is 0 Å². The molecule has 2 saturated heterocycles. The molecule has 0 unspecified atom stereocenters. The number of ether oxygens (including phenoxy) is 1. The van der Waals surface area contributed by atoms with Crippen LogP contribution in [0.2, 0.25) is 0 Å². The van der Waals surface area contributed by atoms with Crippen molar-refractivity contribution in [2.75, 3.05) is 30.5 Å². The molecule has 1 aromatic rings. The summed E-state index contributed by atoms with van der Waals surface area (Å²) in [4.78, 5) is 26.0. The zero-order valence-corrected chi connectivity index (χ0v) is 14.5. The number of amides is 2. The molecule has 0 spiro atoms. The van der Waals surface area contributed by atoms with Gasteiger partial charge in [-0.25, -0.2) is 12.8 Å². The number of nitrogens with one attached hydrogen (secondary N) is 1. The number of sulfone groups is 1. The van der Waals surface area contributed by atoms with Crippen LogP contribution in [0.3, 0.4) is 0 Å². The molecular weight excluding hydrogens is 351 g/mol. The zero-order valence-electron chi connectivity index (χ0n) is 13.7. The van der Waals surface area contributed by atoms with E-state index in [4.69, 9.17) is 4.74 Å². The van der Waals surface area contributed by atoms with Gasteiger partial charge in [-0.2, -0.15) is 0 Å². The Kier molecular flexibility index (Phi) is 4.68. The second kappa shape index (κ2) is 6.62. The van der Waals surface area contributed by atoms with E-state index >= 15 is 0 Å². The normalized spacial score (nSPS) is 25.2. The molecule has 2 aliphatic rings. The lowest BCUT2D eigenvalue weighted by atomic mass is 10.1. The maximum absolute atomic E-state index is 13.7. The van der Waals surface area contributed by atoms with Crippen molar-refractivity contribution in [2.24, 2.45) is 5.92 Å². The average Bonchev–Trinajstić information content (AvgIpc) is 3.10. The van der Waals surface area contributed by atoms with Crippen LogP contribution in [0.1, 0.15) is 12.8 Å². The minimum Gasteiger partial charge on any atom is -0.494 e. The highest BCUT2D eigenvalue weighted by Crippen LogP contribution is 2.27. The first kappa shape index (κ1) is 17.7. The molecule has 2 atom stereocenters. The molecule has 0 bridgehead atoms. The molecule has 1 N–H and O–H groups in total. The molecule has 2 fully saturated rings. The fourth-order valence-electron chi connectivity index (χ4n) is 3.27. The predicted molar refractivity (Wildman–Crippen MR) is 88.5 cm³/mol. The summed E-state index contributed by atoms with van der Waals surface area (Å²) < 4.78 is 41.7. The number of benzene rings is 1. The molecule has 3 rings (SSSR count). The smallest absolute Gasteiger partial charge is 0.229 e. The maximum atomic E-state index is 13.7. The third-order valence-electron chi connectivity index (χ3n) is 4.60. The van der Waals surface area contributed by atoms with Crippen molar-refractivity contribution in [3.63, 3.8) is 0 Å². The van der Waals surface area contributed by atoms with Gasteiger partial charge < -0.3 is 15.0 Å². The van der Waals surface area contributed by atoms with E-state index in [1.807, 2.05) is 0 Å². The zero-order chi connectivity index (χ0) is 18.2. The maximum Gasteiger partial charge on any atom is 0.229 e. The SMILES string of the molecule is COc1ccc(NC(=O)[C@H]2CC(=O)N([C@@H]3CCS(=O)(=O)C3)C2)cc1F. The van der Waals surface area contributed by atoms with E-state index in [-0.39, 0.29) is 53.8 Å². The number of hydrogen-bond donors (Lipinski definition) is 1. The minimum atomic E-state index is -3.10. The van der Waals surface area contributed by atoms with Gasteiger partial charge in [-0.15, -0.1) is 0 Å². The first-order chi connectivity index (χ1) is 11.8. The van der Waals surface area contributed by atoms with Gasteiger partial charge in [0.05, 0.1) is 24.5 Å². The van der Waals surface area contributed by atoms with Gasteiger partial charge in [0.15, 0.2) is 21.4 Å². The quantitative estimate of drug-likeness (QED) is 0.847. The Bertz CT molecular complexity index is 811. The number of halogens is 1. The standard InChI is InChI=1S/C16H19FN2O5S/c1-24-14-3-2-11(7-13(14)17)18-16(21)10-6-15(20)19(8-10)12-4-5-25(22,23)9-12/h2-3,7,10,12H,4-6,8-9H2,1H3,(H,18,21)/t10-,12+/m0/s1. The Balaban J connectivity index is 1.64. The summed E-state index contributed by atoms with van der Waals surface area (Å²) in [6.45, 7) is 0.184. The van der Waals surface area contributed by atoms with Crippen LogP contribution in [0.5, 0.6) is 5.75 Å². The summed E-state index contributed by atoms with van der Waals surface area (Å²) in [5.41, 5.74) is 0.276. The Hall–Kier alpha value is -2.16. The number of hydrogen-bond acceptors (Lipinski definition) is 5. The van der Waals surface area contributed by atoms with E-state index in [2.05, 4.69) is 5.32 Å². The number of anilines is 1. The lowest BCUT2D eigenvalue weighted by molar-refractivity contribution is -0.129. The third-order valence-corrected chi connectivity index (χ3v) is 6.35. The molecule has 2 heterocycles. The van der Waals surface area contributed by atoms with Crippen molar-refractivity contribution in [3.8, 4) is 5.75 Å². The van der Waals surface area contributed by atoms with Gasteiger partial charge in [-0.05, 0) is 18.6 Å². The van der Waals surface area contributed by atoms with E-state index < -0.39 is 21.6 Å². The number of carbonyl (C=O) groups is 2. The molecule has 2 aliphatic heterocycles. The topological polar surface area (TPSA) is 92.8 Å². The van der Waals surface area contributed by atoms with Crippen LogP contribution in [-0.4, -0.2) is 56.3 Å². The molecule has 25 heavy (non-hydrogen) atoms. The fourth-order valence-corrected chi connectivity index (χ4v) is 5.00. The molecule has 9 heteroatoms. The Morgan fingerprint density at radius 2 is 2.16 bits per heavy atom. The van der Waals surface area contributed by atoms with Crippen LogP contribution in [0.4, 0.5) is 10.1 Å². The van der Waals surface area contributed by atoms with Crippen molar-refractivity contribution in [2.45, 2.75) is 18.9 Å². The molecule has 2 amide bonds. The minimum absolute atomic E-state index is 0.0288. The van der Waals surface area contributed by atoms with Gasteiger partial charge in [0.2, 0.25) is 11.8 Å². The average molecular weight is 370 g/mol. The molecule has 0 saturated carbocycles. The summed E-state index contributed by atoms with van der Waals surface area (Å²) >= 11 is 0. The monoisotopic (exact) mass is 370 g/mol. The lowest BCUT2D eigenvalue weighted by Crippen LogP contribution is -2.38. The molecule has 0 aromatic heterocycles. The van der Waals surface area contributed by atoms with E-state index in [1.54, 1.807) is 0 Å². The van der Waals surface area contributed by atoms with Crippen molar-refractivity contribution in [1.82, 2.24) is 4.90 Å². The van der Waals surface area contributed by atoms with Crippen molar-refractivity contribution >= 4 is 27.3 Å². The second-order valence-electron chi connectivity index (χ2n) is 6.34. The van der Waals surface area contributed by atoms with Crippen molar-refractivity contribution < 1.29 is 27.1 Å². The summed E-state index contributed by atoms with van der Waals surface area (Å²) in [5, 5.41) is 2.59. The van der Waals surface area contributed by atoms with Crippen LogP contribution in [-0.2, 0) is 19.4 Å². The van der Waals surface area contributed by atoms with Gasteiger partial charge >= 0.3 is 0 Å². The second-order valence-corrected chi connectivity index (χ2v) is 8.57. The molecular formula is C16H19FN2O5S. The van der Waals surface area contributed by atoms with E-state index in [9.17, 15) is 22.4 Å². The van der Waals surface area contributed by atoms with Crippen LogP contribution >= 0.6 is 0 Å². The molecule has 1 aromatic carbocycles. The first-order valence-corrected chi connectivity index (χ1v) is 9.75. The van der Waals surface area contributed by atoms with Gasteiger partial charge in [0.25, 0.3) is 0 Å². The molecule has 0 radical (unpaired) electrons.